The van der Waals surface area contributed by atoms with Crippen molar-refractivity contribution in [3.8, 4) is 0 Å². The van der Waals surface area contributed by atoms with Crippen LogP contribution in [-0.2, 0) is 0 Å². The topological polar surface area (TPSA) is 39.2 Å². The van der Waals surface area contributed by atoms with E-state index in [2.05, 4.69) is 0 Å². The fourth-order valence-electron chi connectivity index (χ4n) is 1.98. The van der Waals surface area contributed by atoms with Crippen molar-refractivity contribution in [1.29, 1.82) is 0 Å². The van der Waals surface area contributed by atoms with Crippen molar-refractivity contribution in [3.63, 3.8) is 0 Å². The lowest BCUT2D eigenvalue weighted by Gasteiger charge is -2.16. The molecule has 0 fully saturated rings. The van der Waals surface area contributed by atoms with Gasteiger partial charge in [-0.15, -0.1) is 0 Å². The van der Waals surface area contributed by atoms with Gasteiger partial charge in [0, 0.05) is 18.0 Å². The van der Waals surface area contributed by atoms with Crippen LogP contribution in [-0.4, -0.2) is 12.7 Å². The van der Waals surface area contributed by atoms with Gasteiger partial charge in [-0.25, -0.2) is 8.78 Å². The van der Waals surface area contributed by atoms with E-state index in [0.29, 0.717) is 6.07 Å². The average Bonchev–Trinajstić information content (AvgIpc) is 2.57. The molecule has 2 aromatic rings. The first-order chi connectivity index (χ1) is 8.75. The van der Waals surface area contributed by atoms with Gasteiger partial charge < -0.3 is 10.2 Å². The van der Waals surface area contributed by atoms with Gasteiger partial charge in [-0.05, 0) is 18.6 Å². The van der Waals surface area contributed by atoms with E-state index < -0.39 is 41.6 Å². The van der Waals surface area contributed by atoms with Crippen molar-refractivity contribution in [2.75, 3.05) is 6.54 Å². The predicted octanol–water partition coefficient (Wildman–Crippen LogP) is 3.62. The molecular weight excluding hydrogens is 269 g/mol. The summed E-state index contributed by atoms with van der Waals surface area (Å²) in [6.45, 7) is 0.586. The third-order valence-electron chi connectivity index (χ3n) is 2.94. The maximum absolute atomic E-state index is 13.5. The molecule has 0 aliphatic heterocycles. The van der Waals surface area contributed by atoms with Crippen molar-refractivity contribution in [3.05, 3.63) is 35.1 Å². The molecule has 1 aromatic carbocycles. The van der Waals surface area contributed by atoms with Gasteiger partial charge in [-0.2, -0.15) is 13.2 Å². The number of alkyl halides is 3. The Morgan fingerprint density at radius 3 is 2.42 bits per heavy atom. The summed E-state index contributed by atoms with van der Waals surface area (Å²) in [5.41, 5.74) is 4.75. The van der Waals surface area contributed by atoms with Crippen LogP contribution >= 0.6 is 0 Å². The molecule has 19 heavy (non-hydrogen) atoms. The quantitative estimate of drug-likeness (QED) is 0.853. The van der Waals surface area contributed by atoms with Crippen LogP contribution < -0.4 is 5.73 Å². The summed E-state index contributed by atoms with van der Waals surface area (Å²) >= 11 is 0. The van der Waals surface area contributed by atoms with Gasteiger partial charge in [-0.1, -0.05) is 0 Å². The predicted molar refractivity (Wildman–Crippen MR) is 58.7 cm³/mol. The molecule has 0 aliphatic carbocycles. The summed E-state index contributed by atoms with van der Waals surface area (Å²) in [6, 6.07) is 1.49. The molecule has 0 spiro atoms. The lowest BCUT2D eigenvalue weighted by molar-refractivity contribution is -0.151. The normalized spacial score (nSPS) is 14.1. The van der Waals surface area contributed by atoms with Crippen LogP contribution in [0, 0.1) is 18.6 Å². The molecule has 1 heterocycles. The van der Waals surface area contributed by atoms with Gasteiger partial charge in [0.15, 0.2) is 11.4 Å². The van der Waals surface area contributed by atoms with Crippen LogP contribution in [0.4, 0.5) is 22.0 Å². The Morgan fingerprint density at radius 2 is 1.89 bits per heavy atom. The number of furan rings is 1. The molecule has 0 amide bonds. The highest BCUT2D eigenvalue weighted by atomic mass is 19.4. The van der Waals surface area contributed by atoms with E-state index in [1.54, 1.807) is 0 Å². The number of rotatable bonds is 2. The largest absolute Gasteiger partial charge is 0.457 e. The van der Waals surface area contributed by atoms with E-state index >= 15 is 0 Å². The summed E-state index contributed by atoms with van der Waals surface area (Å²) < 4.78 is 69.8. The molecule has 104 valence electrons. The first kappa shape index (κ1) is 13.8. The summed E-state index contributed by atoms with van der Waals surface area (Å²) in [4.78, 5) is 0. The Labute approximate surface area is 105 Å². The SMILES string of the molecule is Cc1c([C@@H](CN)C(F)(F)F)oc2c(F)cc(F)cc12. The molecule has 7 heteroatoms. The molecule has 2 N–H and O–H groups in total. The molecule has 2 nitrogen and oxygen atoms in total. The molecule has 1 aromatic heterocycles. The second kappa shape index (κ2) is 4.48. The van der Waals surface area contributed by atoms with E-state index in [4.69, 9.17) is 10.2 Å². The number of nitrogens with two attached hydrogens (primary N) is 1. The highest BCUT2D eigenvalue weighted by Gasteiger charge is 2.43. The Bertz CT molecular complexity index is 617. The minimum absolute atomic E-state index is 0.0183. The fourth-order valence-corrected chi connectivity index (χ4v) is 1.98. The fraction of sp³-hybridized carbons (Fsp3) is 0.333. The van der Waals surface area contributed by atoms with E-state index in [0.717, 1.165) is 6.07 Å². The maximum Gasteiger partial charge on any atom is 0.400 e. The highest BCUT2D eigenvalue weighted by molar-refractivity contribution is 5.82. The lowest BCUT2D eigenvalue weighted by atomic mass is 10.0. The third kappa shape index (κ3) is 2.30. The minimum atomic E-state index is -4.61. The third-order valence-corrected chi connectivity index (χ3v) is 2.94. The summed E-state index contributed by atoms with van der Waals surface area (Å²) in [5.74, 6) is -4.43. The molecule has 1 atom stereocenters. The standard InChI is InChI=1S/C12H10F5NO/c1-5-7-2-6(13)3-9(14)11(7)19-10(5)8(4-18)12(15,16)17/h2-3,8H,4,18H2,1H3/t8-/m1/s1. The Kier molecular flexibility index (Phi) is 3.25. The number of hydrogen-bond acceptors (Lipinski definition) is 2. The van der Waals surface area contributed by atoms with E-state index in [-0.39, 0.29) is 10.9 Å². The zero-order valence-corrected chi connectivity index (χ0v) is 9.81. The smallest absolute Gasteiger partial charge is 0.400 e. The van der Waals surface area contributed by atoms with Crippen LogP contribution in [0.1, 0.15) is 17.2 Å². The molecule has 0 saturated carbocycles. The number of halogens is 5. The van der Waals surface area contributed by atoms with Gasteiger partial charge in [0.05, 0.1) is 0 Å². The van der Waals surface area contributed by atoms with Crippen molar-refractivity contribution < 1.29 is 26.4 Å². The van der Waals surface area contributed by atoms with Gasteiger partial charge >= 0.3 is 6.18 Å². The first-order valence-electron chi connectivity index (χ1n) is 5.40. The van der Waals surface area contributed by atoms with Gasteiger partial charge in [0.2, 0.25) is 0 Å². The second-order valence-electron chi connectivity index (χ2n) is 4.19. The zero-order valence-electron chi connectivity index (χ0n) is 9.81. The summed E-state index contributed by atoms with van der Waals surface area (Å²) in [5, 5.41) is -0.0183. The lowest BCUT2D eigenvalue weighted by Crippen LogP contribution is -2.28. The van der Waals surface area contributed by atoms with E-state index in [1.165, 1.54) is 6.92 Å². The molecular formula is C12H10F5NO. The zero-order chi connectivity index (χ0) is 14.4. The molecule has 2 rings (SSSR count). The molecule has 0 radical (unpaired) electrons. The van der Waals surface area contributed by atoms with Crippen LogP contribution in [0.2, 0.25) is 0 Å². The van der Waals surface area contributed by atoms with Gasteiger partial charge in [-0.3, -0.25) is 0 Å². The average molecular weight is 279 g/mol. The second-order valence-corrected chi connectivity index (χ2v) is 4.19. The van der Waals surface area contributed by atoms with Crippen LogP contribution in [0.3, 0.4) is 0 Å². The van der Waals surface area contributed by atoms with Crippen LogP contribution in [0.15, 0.2) is 16.5 Å². The van der Waals surface area contributed by atoms with Crippen molar-refractivity contribution >= 4 is 11.0 Å². The summed E-state index contributed by atoms with van der Waals surface area (Å²) in [7, 11) is 0. The molecule has 0 bridgehead atoms. The number of aryl methyl sites for hydroxylation is 1. The Morgan fingerprint density at radius 1 is 1.26 bits per heavy atom. The first-order valence-corrected chi connectivity index (χ1v) is 5.40. The van der Waals surface area contributed by atoms with Gasteiger partial charge in [0.25, 0.3) is 0 Å². The summed E-state index contributed by atoms with van der Waals surface area (Å²) in [6.07, 6.45) is -4.61. The highest BCUT2D eigenvalue weighted by Crippen LogP contribution is 2.40. The van der Waals surface area contributed by atoms with Crippen LogP contribution in [0.5, 0.6) is 0 Å². The van der Waals surface area contributed by atoms with Gasteiger partial charge in [0.1, 0.15) is 17.5 Å². The number of hydrogen-bond donors (Lipinski definition) is 1. The molecule has 0 saturated heterocycles. The minimum Gasteiger partial charge on any atom is -0.457 e. The Balaban J connectivity index is 2.69. The molecule has 0 unspecified atom stereocenters. The molecule has 0 aliphatic rings. The van der Waals surface area contributed by atoms with Crippen molar-refractivity contribution in [2.45, 2.75) is 19.0 Å². The number of benzene rings is 1. The van der Waals surface area contributed by atoms with E-state index in [1.807, 2.05) is 0 Å². The number of fused-ring (bicyclic) bond motifs is 1. The monoisotopic (exact) mass is 279 g/mol. The van der Waals surface area contributed by atoms with Crippen molar-refractivity contribution in [1.82, 2.24) is 0 Å². The van der Waals surface area contributed by atoms with Crippen molar-refractivity contribution in [2.24, 2.45) is 5.73 Å². The maximum atomic E-state index is 13.5. The van der Waals surface area contributed by atoms with E-state index in [9.17, 15) is 22.0 Å². The Hall–Kier alpha value is -1.63. The van der Waals surface area contributed by atoms with Crippen LogP contribution in [0.25, 0.3) is 11.0 Å².